The Labute approximate surface area is 167 Å². The van der Waals surface area contributed by atoms with Crippen molar-refractivity contribution in [3.05, 3.63) is 66.2 Å². The number of methoxy groups -OCH3 is 2. The van der Waals surface area contributed by atoms with E-state index in [0.717, 1.165) is 11.1 Å². The Hall–Kier alpha value is -3.30. The number of hydrogen-bond acceptors (Lipinski definition) is 6. The number of carbonyl (C=O) groups is 1. The van der Waals surface area contributed by atoms with Gasteiger partial charge in [-0.05, 0) is 12.1 Å². The number of pyridine rings is 1. The molecule has 3 rings (SSSR count). The van der Waals surface area contributed by atoms with Gasteiger partial charge in [0.2, 0.25) is 0 Å². The normalized spacial score (nSPS) is 10.2. The first-order valence-corrected chi connectivity index (χ1v) is 9.50. The SMILES string of the molecule is COC(=O)CSc1nc(-c2ccccc2)cc(-c2ccccc2OC)c1C#N. The molecule has 0 N–H and O–H groups in total. The second-order valence-electron chi connectivity index (χ2n) is 5.78. The molecule has 0 bridgehead atoms. The van der Waals surface area contributed by atoms with E-state index in [1.54, 1.807) is 7.11 Å². The minimum absolute atomic E-state index is 0.0712. The summed E-state index contributed by atoms with van der Waals surface area (Å²) >= 11 is 1.19. The van der Waals surface area contributed by atoms with Gasteiger partial charge < -0.3 is 9.47 Å². The summed E-state index contributed by atoms with van der Waals surface area (Å²) in [4.78, 5) is 16.3. The van der Waals surface area contributed by atoms with Crippen LogP contribution in [0.3, 0.4) is 0 Å². The standard InChI is InChI=1S/C22H18N2O3S/c1-26-20-11-7-6-10-16(20)17-12-19(15-8-4-3-5-9-15)24-22(18(17)13-23)28-14-21(25)27-2/h3-12H,14H2,1-2H3. The summed E-state index contributed by atoms with van der Waals surface area (Å²) in [7, 11) is 2.93. The second kappa shape index (κ2) is 9.07. The molecule has 1 aromatic heterocycles. The van der Waals surface area contributed by atoms with Crippen LogP contribution >= 0.6 is 11.8 Å². The number of esters is 1. The van der Waals surface area contributed by atoms with Crippen LogP contribution in [0, 0.1) is 11.3 Å². The van der Waals surface area contributed by atoms with Crippen LogP contribution in [-0.2, 0) is 9.53 Å². The van der Waals surface area contributed by atoms with Crippen molar-refractivity contribution >= 4 is 17.7 Å². The summed E-state index contributed by atoms with van der Waals surface area (Å²) in [5, 5.41) is 10.3. The number of carbonyl (C=O) groups excluding carboxylic acids is 1. The van der Waals surface area contributed by atoms with E-state index in [1.165, 1.54) is 18.9 Å². The third-order valence-electron chi connectivity index (χ3n) is 4.12. The predicted octanol–water partition coefficient (Wildman–Crippen LogP) is 4.56. The molecule has 28 heavy (non-hydrogen) atoms. The van der Waals surface area contributed by atoms with Gasteiger partial charge in [0.1, 0.15) is 16.8 Å². The van der Waals surface area contributed by atoms with Gasteiger partial charge in [0.15, 0.2) is 0 Å². The molecule has 0 spiro atoms. The number of benzene rings is 2. The summed E-state index contributed by atoms with van der Waals surface area (Å²) in [6.07, 6.45) is 0. The summed E-state index contributed by atoms with van der Waals surface area (Å²) in [6.45, 7) is 0. The maximum atomic E-state index is 11.6. The molecule has 0 radical (unpaired) electrons. The fourth-order valence-corrected chi connectivity index (χ4v) is 3.59. The van der Waals surface area contributed by atoms with Gasteiger partial charge in [-0.2, -0.15) is 5.26 Å². The average molecular weight is 390 g/mol. The molecular formula is C22H18N2O3S. The monoisotopic (exact) mass is 390 g/mol. The molecule has 1 heterocycles. The van der Waals surface area contributed by atoms with Gasteiger partial charge in [0.25, 0.3) is 0 Å². The fourth-order valence-electron chi connectivity index (χ4n) is 2.76. The lowest BCUT2D eigenvalue weighted by Gasteiger charge is -2.14. The van der Waals surface area contributed by atoms with Crippen LogP contribution in [0.15, 0.2) is 65.7 Å². The molecular weight excluding hydrogens is 372 g/mol. The maximum absolute atomic E-state index is 11.6. The number of thioether (sulfide) groups is 1. The topological polar surface area (TPSA) is 72.2 Å². The van der Waals surface area contributed by atoms with E-state index in [0.29, 0.717) is 27.6 Å². The Morgan fingerprint density at radius 1 is 1.07 bits per heavy atom. The smallest absolute Gasteiger partial charge is 0.316 e. The van der Waals surface area contributed by atoms with Crippen molar-refractivity contribution in [2.75, 3.05) is 20.0 Å². The van der Waals surface area contributed by atoms with Gasteiger partial charge in [-0.15, -0.1) is 0 Å². The van der Waals surface area contributed by atoms with Crippen LogP contribution in [0.5, 0.6) is 5.75 Å². The van der Waals surface area contributed by atoms with Gasteiger partial charge in [-0.1, -0.05) is 60.3 Å². The molecule has 3 aromatic rings. The van der Waals surface area contributed by atoms with Crippen LogP contribution in [0.25, 0.3) is 22.4 Å². The summed E-state index contributed by atoms with van der Waals surface area (Å²) in [5.74, 6) is 0.356. The van der Waals surface area contributed by atoms with Gasteiger partial charge in [-0.3, -0.25) is 4.79 Å². The Kier molecular flexibility index (Phi) is 6.30. The molecule has 5 nitrogen and oxygen atoms in total. The largest absolute Gasteiger partial charge is 0.496 e. The third kappa shape index (κ3) is 4.16. The molecule has 2 aromatic carbocycles. The molecule has 0 aliphatic carbocycles. The van der Waals surface area contributed by atoms with Crippen molar-refractivity contribution in [2.45, 2.75) is 5.03 Å². The van der Waals surface area contributed by atoms with E-state index in [-0.39, 0.29) is 11.7 Å². The Morgan fingerprint density at radius 3 is 2.46 bits per heavy atom. The van der Waals surface area contributed by atoms with Crippen molar-refractivity contribution in [1.29, 1.82) is 5.26 Å². The number of nitriles is 1. The first kappa shape index (κ1) is 19.5. The van der Waals surface area contributed by atoms with Crippen molar-refractivity contribution in [3.8, 4) is 34.2 Å². The zero-order valence-electron chi connectivity index (χ0n) is 15.5. The Morgan fingerprint density at radius 2 is 1.79 bits per heavy atom. The highest BCUT2D eigenvalue weighted by atomic mass is 32.2. The zero-order valence-corrected chi connectivity index (χ0v) is 16.3. The van der Waals surface area contributed by atoms with E-state index in [4.69, 9.17) is 9.47 Å². The van der Waals surface area contributed by atoms with Crippen molar-refractivity contribution in [2.24, 2.45) is 0 Å². The van der Waals surface area contributed by atoms with Gasteiger partial charge in [0.05, 0.1) is 31.2 Å². The van der Waals surface area contributed by atoms with E-state index in [2.05, 4.69) is 11.1 Å². The minimum Gasteiger partial charge on any atom is -0.496 e. The summed E-state index contributed by atoms with van der Waals surface area (Å²) in [6, 6.07) is 21.3. The number of para-hydroxylation sites is 1. The average Bonchev–Trinajstić information content (AvgIpc) is 2.77. The molecule has 0 saturated carbocycles. The molecule has 0 aliphatic rings. The highest BCUT2D eigenvalue weighted by molar-refractivity contribution is 7.99. The van der Waals surface area contributed by atoms with E-state index < -0.39 is 0 Å². The predicted molar refractivity (Wildman–Crippen MR) is 109 cm³/mol. The van der Waals surface area contributed by atoms with Gasteiger partial charge >= 0.3 is 5.97 Å². The highest BCUT2D eigenvalue weighted by Crippen LogP contribution is 2.38. The summed E-state index contributed by atoms with van der Waals surface area (Å²) < 4.78 is 10.2. The van der Waals surface area contributed by atoms with Crippen molar-refractivity contribution in [3.63, 3.8) is 0 Å². The number of nitrogens with zero attached hydrogens (tertiary/aromatic N) is 2. The first-order valence-electron chi connectivity index (χ1n) is 8.51. The molecule has 0 saturated heterocycles. The molecule has 0 fully saturated rings. The van der Waals surface area contributed by atoms with Crippen LogP contribution in [0.2, 0.25) is 0 Å². The minimum atomic E-state index is -0.375. The Bertz CT molecular complexity index is 1030. The first-order chi connectivity index (χ1) is 13.7. The van der Waals surface area contributed by atoms with Crippen LogP contribution in [0.4, 0.5) is 0 Å². The van der Waals surface area contributed by atoms with E-state index >= 15 is 0 Å². The van der Waals surface area contributed by atoms with E-state index in [9.17, 15) is 10.1 Å². The lowest BCUT2D eigenvalue weighted by Crippen LogP contribution is -2.05. The number of aromatic nitrogens is 1. The number of rotatable bonds is 6. The van der Waals surface area contributed by atoms with Crippen molar-refractivity contribution in [1.82, 2.24) is 4.98 Å². The maximum Gasteiger partial charge on any atom is 0.316 e. The fraction of sp³-hybridized carbons (Fsp3) is 0.136. The molecule has 0 amide bonds. The summed E-state index contributed by atoms with van der Waals surface area (Å²) in [5.41, 5.74) is 3.54. The van der Waals surface area contributed by atoms with Crippen molar-refractivity contribution < 1.29 is 14.3 Å². The zero-order chi connectivity index (χ0) is 19.9. The van der Waals surface area contributed by atoms with Crippen LogP contribution in [-0.4, -0.2) is 30.9 Å². The Balaban J connectivity index is 2.21. The number of hydrogen-bond donors (Lipinski definition) is 0. The molecule has 6 heteroatoms. The molecule has 0 unspecified atom stereocenters. The quantitative estimate of drug-likeness (QED) is 0.454. The third-order valence-corrected chi connectivity index (χ3v) is 5.07. The lowest BCUT2D eigenvalue weighted by molar-refractivity contribution is -0.137. The van der Waals surface area contributed by atoms with E-state index in [1.807, 2.05) is 60.7 Å². The number of ether oxygens (including phenoxy) is 2. The highest BCUT2D eigenvalue weighted by Gasteiger charge is 2.19. The van der Waals surface area contributed by atoms with Gasteiger partial charge in [-0.25, -0.2) is 4.98 Å². The molecule has 0 atom stereocenters. The van der Waals surface area contributed by atoms with Crippen LogP contribution in [0.1, 0.15) is 5.56 Å². The molecule has 0 aliphatic heterocycles. The van der Waals surface area contributed by atoms with Gasteiger partial charge in [0, 0.05) is 16.7 Å². The lowest BCUT2D eigenvalue weighted by atomic mass is 9.98. The second-order valence-corrected chi connectivity index (χ2v) is 6.74. The molecule has 140 valence electrons. The van der Waals surface area contributed by atoms with Crippen LogP contribution < -0.4 is 4.74 Å².